The highest BCUT2D eigenvalue weighted by atomic mass is 16.6. The van der Waals surface area contributed by atoms with E-state index in [0.717, 1.165) is 12.1 Å². The van der Waals surface area contributed by atoms with Crippen LogP contribution in [0.15, 0.2) is 34.9 Å². The number of nitro groups is 1. The molecule has 100 valence electrons. The molecule has 0 aliphatic heterocycles. The average molecular weight is 261 g/mol. The van der Waals surface area contributed by atoms with Crippen molar-refractivity contribution in [3.63, 3.8) is 0 Å². The summed E-state index contributed by atoms with van der Waals surface area (Å²) in [6, 6.07) is 6.92. The molecule has 0 bridgehead atoms. The zero-order chi connectivity index (χ0) is 13.7. The van der Waals surface area contributed by atoms with Gasteiger partial charge in [-0.2, -0.15) is 0 Å². The summed E-state index contributed by atoms with van der Waals surface area (Å²) in [5, 5.41) is 13.6. The second-order valence-corrected chi connectivity index (χ2v) is 4.06. The minimum atomic E-state index is -0.544. The lowest BCUT2D eigenvalue weighted by molar-refractivity contribution is -0.402. The van der Waals surface area contributed by atoms with Gasteiger partial charge in [0.25, 0.3) is 0 Å². The second kappa shape index (κ2) is 6.10. The van der Waals surface area contributed by atoms with Crippen molar-refractivity contribution in [3.8, 4) is 0 Å². The number of aromatic nitrogens is 1. The Morgan fingerprint density at radius 2 is 2.21 bits per heavy atom. The molecule has 0 amide bonds. The van der Waals surface area contributed by atoms with Crippen LogP contribution in [0.2, 0.25) is 0 Å². The van der Waals surface area contributed by atoms with Gasteiger partial charge in [0, 0.05) is 12.7 Å². The third kappa shape index (κ3) is 3.38. The topological polar surface area (TPSA) is 81.2 Å². The van der Waals surface area contributed by atoms with Gasteiger partial charge in [-0.3, -0.25) is 15.1 Å². The van der Waals surface area contributed by atoms with Crippen LogP contribution < -0.4 is 5.32 Å². The van der Waals surface area contributed by atoms with Crippen molar-refractivity contribution in [1.82, 2.24) is 10.3 Å². The average Bonchev–Trinajstić information content (AvgIpc) is 2.88. The first-order valence-corrected chi connectivity index (χ1v) is 6.07. The molecule has 0 atom stereocenters. The Kier molecular flexibility index (Phi) is 4.25. The molecule has 2 heterocycles. The van der Waals surface area contributed by atoms with Crippen LogP contribution in [0.4, 0.5) is 5.88 Å². The quantitative estimate of drug-likeness (QED) is 0.638. The van der Waals surface area contributed by atoms with Crippen LogP contribution in [0.1, 0.15) is 23.9 Å². The molecule has 2 aromatic rings. The summed E-state index contributed by atoms with van der Waals surface area (Å²) in [5.74, 6) is 0.310. The molecule has 0 aromatic carbocycles. The highest BCUT2D eigenvalue weighted by molar-refractivity contribution is 5.20. The fraction of sp³-hybridized carbons (Fsp3) is 0.308. The van der Waals surface area contributed by atoms with Crippen molar-refractivity contribution >= 4 is 5.88 Å². The van der Waals surface area contributed by atoms with Gasteiger partial charge < -0.3 is 9.73 Å². The van der Waals surface area contributed by atoms with Crippen molar-refractivity contribution in [1.29, 1.82) is 0 Å². The molecule has 2 rings (SSSR count). The first-order chi connectivity index (χ1) is 9.20. The van der Waals surface area contributed by atoms with Gasteiger partial charge in [0.05, 0.1) is 18.3 Å². The Balaban J connectivity index is 1.90. The maximum absolute atomic E-state index is 10.5. The van der Waals surface area contributed by atoms with Crippen molar-refractivity contribution < 1.29 is 9.34 Å². The zero-order valence-electron chi connectivity index (χ0n) is 10.6. The SMILES string of the molecule is CCc1cccnc1CNCc1ccc([N+](=O)[O-])o1. The fourth-order valence-electron chi connectivity index (χ4n) is 1.82. The number of nitrogens with one attached hydrogen (secondary N) is 1. The molecule has 0 saturated carbocycles. The predicted octanol–water partition coefficient (Wildman–Crippen LogP) is 2.44. The number of hydrogen-bond acceptors (Lipinski definition) is 5. The summed E-state index contributed by atoms with van der Waals surface area (Å²) in [6.07, 6.45) is 2.69. The summed E-state index contributed by atoms with van der Waals surface area (Å²) in [4.78, 5) is 14.2. The van der Waals surface area contributed by atoms with Gasteiger partial charge in [0.2, 0.25) is 0 Å². The normalized spacial score (nSPS) is 10.6. The van der Waals surface area contributed by atoms with Crippen LogP contribution in [-0.2, 0) is 19.5 Å². The Morgan fingerprint density at radius 3 is 2.89 bits per heavy atom. The first-order valence-electron chi connectivity index (χ1n) is 6.07. The van der Waals surface area contributed by atoms with Crippen LogP contribution in [0.5, 0.6) is 0 Å². The fourth-order valence-corrected chi connectivity index (χ4v) is 1.82. The summed E-state index contributed by atoms with van der Waals surface area (Å²) in [6.45, 7) is 3.13. The summed E-state index contributed by atoms with van der Waals surface area (Å²) >= 11 is 0. The molecule has 6 heteroatoms. The Morgan fingerprint density at radius 1 is 1.37 bits per heavy atom. The first kappa shape index (κ1) is 13.2. The van der Waals surface area contributed by atoms with Crippen molar-refractivity contribution in [2.24, 2.45) is 0 Å². The summed E-state index contributed by atoms with van der Waals surface area (Å²) < 4.78 is 5.06. The van der Waals surface area contributed by atoms with Crippen LogP contribution in [0.3, 0.4) is 0 Å². The predicted molar refractivity (Wildman–Crippen MR) is 69.5 cm³/mol. The third-order valence-electron chi connectivity index (χ3n) is 2.78. The molecule has 19 heavy (non-hydrogen) atoms. The molecule has 0 unspecified atom stereocenters. The van der Waals surface area contributed by atoms with Crippen molar-refractivity contribution in [2.75, 3.05) is 0 Å². The van der Waals surface area contributed by atoms with E-state index in [0.29, 0.717) is 18.8 Å². The third-order valence-corrected chi connectivity index (χ3v) is 2.78. The van der Waals surface area contributed by atoms with Gasteiger partial charge in [-0.05, 0) is 24.1 Å². The van der Waals surface area contributed by atoms with Crippen molar-refractivity contribution in [3.05, 3.63) is 57.6 Å². The molecule has 6 nitrogen and oxygen atoms in total. The van der Waals surface area contributed by atoms with E-state index in [4.69, 9.17) is 4.42 Å². The minimum Gasteiger partial charge on any atom is -0.404 e. The molecular weight excluding hydrogens is 246 g/mol. The number of pyridine rings is 1. The van der Waals surface area contributed by atoms with Gasteiger partial charge >= 0.3 is 5.88 Å². The summed E-state index contributed by atoms with van der Waals surface area (Å²) in [7, 11) is 0. The van der Waals surface area contributed by atoms with Gasteiger partial charge in [-0.1, -0.05) is 13.0 Å². The van der Waals surface area contributed by atoms with Gasteiger partial charge in [-0.15, -0.1) is 0 Å². The lowest BCUT2D eigenvalue weighted by Gasteiger charge is -2.06. The molecule has 0 spiro atoms. The highest BCUT2D eigenvalue weighted by Gasteiger charge is 2.11. The number of nitrogens with zero attached hydrogens (tertiary/aromatic N) is 2. The second-order valence-electron chi connectivity index (χ2n) is 4.06. The van der Waals surface area contributed by atoms with Crippen LogP contribution in [-0.4, -0.2) is 9.91 Å². The number of aryl methyl sites for hydroxylation is 1. The molecule has 0 radical (unpaired) electrons. The Bertz CT molecular complexity index is 566. The maximum Gasteiger partial charge on any atom is 0.433 e. The smallest absolute Gasteiger partial charge is 0.404 e. The standard InChI is InChI=1S/C13H15N3O3/c1-2-10-4-3-7-15-12(10)9-14-8-11-5-6-13(19-11)16(17)18/h3-7,14H,2,8-9H2,1H3. The molecule has 1 N–H and O–H groups in total. The Labute approximate surface area is 110 Å². The van der Waals surface area contributed by atoms with E-state index < -0.39 is 4.92 Å². The van der Waals surface area contributed by atoms with Crippen LogP contribution >= 0.6 is 0 Å². The molecular formula is C13H15N3O3. The molecule has 0 fully saturated rings. The number of rotatable bonds is 6. The molecule has 2 aromatic heterocycles. The van der Waals surface area contributed by atoms with E-state index in [9.17, 15) is 10.1 Å². The van der Waals surface area contributed by atoms with Gasteiger partial charge in [-0.25, -0.2) is 0 Å². The molecule has 0 saturated heterocycles. The van der Waals surface area contributed by atoms with E-state index in [1.165, 1.54) is 11.6 Å². The van der Waals surface area contributed by atoms with Gasteiger partial charge in [0.1, 0.15) is 10.7 Å². The van der Waals surface area contributed by atoms with E-state index >= 15 is 0 Å². The van der Waals surface area contributed by atoms with Crippen LogP contribution in [0.25, 0.3) is 0 Å². The van der Waals surface area contributed by atoms with E-state index in [1.54, 1.807) is 12.3 Å². The highest BCUT2D eigenvalue weighted by Crippen LogP contribution is 2.15. The van der Waals surface area contributed by atoms with Gasteiger partial charge in [0.15, 0.2) is 0 Å². The number of hydrogen-bond donors (Lipinski definition) is 1. The monoisotopic (exact) mass is 261 g/mol. The largest absolute Gasteiger partial charge is 0.433 e. The molecule has 0 aliphatic carbocycles. The summed E-state index contributed by atoms with van der Waals surface area (Å²) in [5.41, 5.74) is 2.19. The van der Waals surface area contributed by atoms with Crippen molar-refractivity contribution in [2.45, 2.75) is 26.4 Å². The van der Waals surface area contributed by atoms with E-state index in [1.807, 2.05) is 12.1 Å². The van der Waals surface area contributed by atoms with E-state index in [2.05, 4.69) is 17.2 Å². The Hall–Kier alpha value is -2.21. The van der Waals surface area contributed by atoms with E-state index in [-0.39, 0.29) is 5.88 Å². The lowest BCUT2D eigenvalue weighted by Crippen LogP contribution is -2.14. The van der Waals surface area contributed by atoms with Crippen LogP contribution in [0, 0.1) is 10.1 Å². The maximum atomic E-state index is 10.5. The number of furan rings is 1. The molecule has 0 aliphatic rings. The lowest BCUT2D eigenvalue weighted by atomic mass is 10.1. The zero-order valence-corrected chi connectivity index (χ0v) is 10.6. The minimum absolute atomic E-state index is 0.233.